The molecule has 1 aromatic carbocycles. The lowest BCUT2D eigenvalue weighted by Crippen LogP contribution is -2.37. The van der Waals surface area contributed by atoms with E-state index in [1.54, 1.807) is 14.2 Å². The van der Waals surface area contributed by atoms with E-state index >= 15 is 0 Å². The van der Waals surface area contributed by atoms with Gasteiger partial charge in [0.1, 0.15) is 11.5 Å². The fourth-order valence-electron chi connectivity index (χ4n) is 2.48. The van der Waals surface area contributed by atoms with E-state index in [-0.39, 0.29) is 6.10 Å². The van der Waals surface area contributed by atoms with Crippen LogP contribution >= 0.6 is 0 Å². The van der Waals surface area contributed by atoms with Gasteiger partial charge in [-0.3, -0.25) is 0 Å². The molecule has 0 spiro atoms. The summed E-state index contributed by atoms with van der Waals surface area (Å²) >= 11 is 0. The van der Waals surface area contributed by atoms with Gasteiger partial charge in [-0.15, -0.1) is 0 Å². The molecular formula is C15H23NO3. The number of rotatable bonds is 5. The molecular weight excluding hydrogens is 242 g/mol. The molecule has 1 aromatic rings. The van der Waals surface area contributed by atoms with Crippen LogP contribution in [0.4, 0.5) is 0 Å². The summed E-state index contributed by atoms with van der Waals surface area (Å²) in [5.74, 6) is 1.71. The number of benzene rings is 1. The number of aliphatic hydroxyl groups is 1. The molecule has 1 aliphatic rings. The molecule has 0 unspecified atom stereocenters. The van der Waals surface area contributed by atoms with Crippen molar-refractivity contribution in [1.82, 2.24) is 4.90 Å². The maximum absolute atomic E-state index is 9.49. The van der Waals surface area contributed by atoms with E-state index in [0.717, 1.165) is 50.4 Å². The van der Waals surface area contributed by atoms with Crippen LogP contribution in [0.1, 0.15) is 18.4 Å². The topological polar surface area (TPSA) is 41.9 Å². The molecule has 0 saturated carbocycles. The lowest BCUT2D eigenvalue weighted by Gasteiger charge is -2.29. The summed E-state index contributed by atoms with van der Waals surface area (Å²) in [4.78, 5) is 2.40. The highest BCUT2D eigenvalue weighted by Gasteiger charge is 2.17. The van der Waals surface area contributed by atoms with Crippen LogP contribution in [-0.2, 0) is 6.42 Å². The number of ether oxygens (including phenoxy) is 2. The molecule has 1 aliphatic heterocycles. The van der Waals surface area contributed by atoms with E-state index < -0.39 is 0 Å². The van der Waals surface area contributed by atoms with Crippen molar-refractivity contribution in [3.8, 4) is 11.5 Å². The summed E-state index contributed by atoms with van der Waals surface area (Å²) in [6, 6.07) is 5.96. The first kappa shape index (κ1) is 14.2. The highest BCUT2D eigenvalue weighted by molar-refractivity contribution is 5.40. The Balaban J connectivity index is 1.91. The summed E-state index contributed by atoms with van der Waals surface area (Å²) in [5.41, 5.74) is 1.20. The molecule has 0 aliphatic carbocycles. The summed E-state index contributed by atoms with van der Waals surface area (Å²) in [5, 5.41) is 9.49. The number of aliphatic hydroxyl groups excluding tert-OH is 1. The zero-order valence-corrected chi connectivity index (χ0v) is 11.8. The molecule has 1 heterocycles. The third-order valence-corrected chi connectivity index (χ3v) is 3.75. The minimum Gasteiger partial charge on any atom is -0.497 e. The molecule has 106 valence electrons. The largest absolute Gasteiger partial charge is 0.497 e. The van der Waals surface area contributed by atoms with Gasteiger partial charge >= 0.3 is 0 Å². The molecule has 0 bridgehead atoms. The normalized spacial score (nSPS) is 17.4. The van der Waals surface area contributed by atoms with Crippen molar-refractivity contribution >= 4 is 0 Å². The summed E-state index contributed by atoms with van der Waals surface area (Å²) in [6.45, 7) is 2.98. The average Bonchev–Trinajstić information content (AvgIpc) is 2.46. The zero-order chi connectivity index (χ0) is 13.7. The van der Waals surface area contributed by atoms with Gasteiger partial charge in [0.05, 0.1) is 20.3 Å². The molecule has 0 aromatic heterocycles. The van der Waals surface area contributed by atoms with Gasteiger partial charge in [0.25, 0.3) is 0 Å². The Kier molecular flexibility index (Phi) is 5.05. The van der Waals surface area contributed by atoms with Gasteiger partial charge in [-0.2, -0.15) is 0 Å². The summed E-state index contributed by atoms with van der Waals surface area (Å²) in [6.07, 6.45) is 2.63. The molecule has 1 saturated heterocycles. The van der Waals surface area contributed by atoms with Crippen molar-refractivity contribution in [2.75, 3.05) is 33.9 Å². The van der Waals surface area contributed by atoms with Crippen molar-refractivity contribution in [3.05, 3.63) is 23.8 Å². The smallest absolute Gasteiger partial charge is 0.125 e. The lowest BCUT2D eigenvalue weighted by molar-refractivity contribution is 0.0831. The summed E-state index contributed by atoms with van der Waals surface area (Å²) in [7, 11) is 3.35. The molecule has 2 rings (SSSR count). The van der Waals surface area contributed by atoms with E-state index in [1.807, 2.05) is 12.1 Å². The van der Waals surface area contributed by atoms with Crippen molar-refractivity contribution in [2.45, 2.75) is 25.4 Å². The monoisotopic (exact) mass is 265 g/mol. The first-order valence-corrected chi connectivity index (χ1v) is 6.84. The second-order valence-corrected chi connectivity index (χ2v) is 5.00. The van der Waals surface area contributed by atoms with Gasteiger partial charge in [0.2, 0.25) is 0 Å². The van der Waals surface area contributed by atoms with Crippen molar-refractivity contribution in [1.29, 1.82) is 0 Å². The molecule has 4 heteroatoms. The van der Waals surface area contributed by atoms with Crippen LogP contribution in [0.25, 0.3) is 0 Å². The maximum atomic E-state index is 9.49. The van der Waals surface area contributed by atoms with Crippen LogP contribution in [0.5, 0.6) is 11.5 Å². The minimum absolute atomic E-state index is 0.105. The van der Waals surface area contributed by atoms with Crippen molar-refractivity contribution in [3.63, 3.8) is 0 Å². The minimum atomic E-state index is -0.105. The Labute approximate surface area is 114 Å². The quantitative estimate of drug-likeness (QED) is 0.880. The SMILES string of the molecule is COc1ccc(CCN2CCC(O)CC2)c(OC)c1. The predicted molar refractivity (Wildman–Crippen MR) is 74.9 cm³/mol. The van der Waals surface area contributed by atoms with E-state index in [4.69, 9.17) is 9.47 Å². The van der Waals surface area contributed by atoms with E-state index in [0.29, 0.717) is 0 Å². The number of methoxy groups -OCH3 is 2. The van der Waals surface area contributed by atoms with E-state index in [1.165, 1.54) is 5.56 Å². The second-order valence-electron chi connectivity index (χ2n) is 5.00. The van der Waals surface area contributed by atoms with Gasteiger partial charge in [-0.1, -0.05) is 6.07 Å². The van der Waals surface area contributed by atoms with Crippen molar-refractivity contribution in [2.24, 2.45) is 0 Å². The molecule has 1 N–H and O–H groups in total. The van der Waals surface area contributed by atoms with Crippen LogP contribution in [0.2, 0.25) is 0 Å². The summed E-state index contributed by atoms with van der Waals surface area (Å²) < 4.78 is 10.6. The molecule has 0 radical (unpaired) electrons. The Bertz CT molecular complexity index is 400. The number of hydrogen-bond acceptors (Lipinski definition) is 4. The van der Waals surface area contributed by atoms with Crippen LogP contribution in [-0.4, -0.2) is 50.0 Å². The van der Waals surface area contributed by atoms with Gasteiger partial charge in [-0.25, -0.2) is 0 Å². The molecule has 19 heavy (non-hydrogen) atoms. The standard InChI is InChI=1S/C15H23NO3/c1-18-14-4-3-12(15(11-14)19-2)5-8-16-9-6-13(17)7-10-16/h3-4,11,13,17H,5-10H2,1-2H3. The molecule has 4 nitrogen and oxygen atoms in total. The maximum Gasteiger partial charge on any atom is 0.125 e. The van der Waals surface area contributed by atoms with Gasteiger partial charge in [0, 0.05) is 25.7 Å². The molecule has 0 atom stereocenters. The Hall–Kier alpha value is -1.26. The van der Waals surface area contributed by atoms with Gasteiger partial charge in [-0.05, 0) is 30.9 Å². The Morgan fingerprint density at radius 2 is 1.95 bits per heavy atom. The second kappa shape index (κ2) is 6.78. The third kappa shape index (κ3) is 3.85. The molecule has 1 fully saturated rings. The number of nitrogens with zero attached hydrogens (tertiary/aromatic N) is 1. The Morgan fingerprint density at radius 3 is 2.58 bits per heavy atom. The van der Waals surface area contributed by atoms with E-state index in [9.17, 15) is 5.11 Å². The zero-order valence-electron chi connectivity index (χ0n) is 11.8. The van der Waals surface area contributed by atoms with Crippen LogP contribution in [0.15, 0.2) is 18.2 Å². The fourth-order valence-corrected chi connectivity index (χ4v) is 2.48. The van der Waals surface area contributed by atoms with Gasteiger partial charge < -0.3 is 19.5 Å². The number of piperidine rings is 1. The highest BCUT2D eigenvalue weighted by atomic mass is 16.5. The Morgan fingerprint density at radius 1 is 1.21 bits per heavy atom. The average molecular weight is 265 g/mol. The van der Waals surface area contributed by atoms with Crippen molar-refractivity contribution < 1.29 is 14.6 Å². The van der Waals surface area contributed by atoms with Crippen LogP contribution in [0.3, 0.4) is 0 Å². The van der Waals surface area contributed by atoms with Crippen LogP contribution < -0.4 is 9.47 Å². The first-order valence-electron chi connectivity index (χ1n) is 6.84. The third-order valence-electron chi connectivity index (χ3n) is 3.75. The molecule has 0 amide bonds. The van der Waals surface area contributed by atoms with Crippen LogP contribution in [0, 0.1) is 0 Å². The number of likely N-dealkylation sites (tertiary alicyclic amines) is 1. The number of hydrogen-bond donors (Lipinski definition) is 1. The van der Waals surface area contributed by atoms with E-state index in [2.05, 4.69) is 11.0 Å². The highest BCUT2D eigenvalue weighted by Crippen LogP contribution is 2.25. The first-order chi connectivity index (χ1) is 9.22. The fraction of sp³-hybridized carbons (Fsp3) is 0.600. The van der Waals surface area contributed by atoms with Gasteiger partial charge in [0.15, 0.2) is 0 Å². The predicted octanol–water partition coefficient (Wildman–Crippen LogP) is 1.70. The lowest BCUT2D eigenvalue weighted by atomic mass is 10.1.